The number of nitrogens with one attached hydrogen (secondary N) is 11. The molecule has 11 N–H and O–H groups in total. The summed E-state index contributed by atoms with van der Waals surface area (Å²) in [6, 6.07) is 45.5. The number of anilines is 18. The number of ether oxygens (including phenoxy) is 6. The number of nitrogens with zero attached hydrogens (tertiary/aromatic N) is 20. The smallest absolute Gasteiger partial charge is 0.431 e. The molecule has 59 heteroatoms. The van der Waals surface area contributed by atoms with Crippen LogP contribution in [-0.4, -0.2) is 241 Å². The van der Waals surface area contributed by atoms with Gasteiger partial charge in [-0.3, -0.25) is 10.1 Å². The van der Waals surface area contributed by atoms with Crippen LogP contribution in [0.25, 0.3) is 0 Å². The van der Waals surface area contributed by atoms with E-state index < -0.39 is 128 Å². The van der Waals surface area contributed by atoms with E-state index in [2.05, 4.69) is 160 Å². The predicted molar refractivity (Wildman–Crippen MR) is 506 cm³/mol. The van der Waals surface area contributed by atoms with Gasteiger partial charge >= 0.3 is 72.4 Å². The van der Waals surface area contributed by atoms with Crippen molar-refractivity contribution in [2.45, 2.75) is 141 Å². The summed E-state index contributed by atoms with van der Waals surface area (Å²) in [6.07, 6.45) is -27.3. The molecule has 0 saturated heterocycles. The van der Waals surface area contributed by atoms with Gasteiger partial charge in [-0.25, -0.2) is 22.0 Å². The number of aryl methyl sites for hydroxylation is 1. The van der Waals surface area contributed by atoms with E-state index in [1.807, 2.05) is 67.6 Å². The van der Waals surface area contributed by atoms with Crippen LogP contribution in [0, 0.1) is 17.0 Å². The summed E-state index contributed by atoms with van der Waals surface area (Å²) >= 11 is 0. The fraction of sp³-hybridized carbons (Fsp3) is 0.364. The Morgan fingerprint density at radius 1 is 0.361 bits per heavy atom. The highest BCUT2D eigenvalue weighted by atomic mass is 19.4. The van der Waals surface area contributed by atoms with Crippen LogP contribution < -0.4 is 91.8 Å². The second-order valence-electron chi connectivity index (χ2n) is 29.9. The maximum Gasteiger partial charge on any atom is 0.431 e. The Hall–Kier alpha value is -16.5. The van der Waals surface area contributed by atoms with E-state index in [0.29, 0.717) is 53.8 Å². The lowest BCUT2D eigenvalue weighted by molar-refractivity contribution is -0.384. The fourth-order valence-electron chi connectivity index (χ4n) is 10.2. The van der Waals surface area contributed by atoms with Crippen LogP contribution in [0.4, 0.5) is 199 Å². The van der Waals surface area contributed by atoms with Gasteiger partial charge in [0.1, 0.15) is 0 Å². The number of hydrogen-bond donors (Lipinski definition) is 11. The molecule has 0 spiro atoms. The lowest BCUT2D eigenvalue weighted by Gasteiger charge is -2.26. The van der Waals surface area contributed by atoms with Crippen LogP contribution >= 0.6 is 0 Å². The molecule has 6 aromatic heterocycles. The molecule has 0 saturated carbocycles. The lowest BCUT2D eigenvalue weighted by atomic mass is 10.2. The molecule has 6 unspecified atom stereocenters. The molecular weight excluding hydrogens is 2000 g/mol. The second kappa shape index (κ2) is 54.8. The predicted octanol–water partition coefficient (Wildman–Crippen LogP) is 20.3. The molecule has 0 radical (unpaired) electrons. The van der Waals surface area contributed by atoms with Crippen molar-refractivity contribution >= 4 is 111 Å². The molecule has 12 rings (SSSR count). The number of nitro benzene ring substituents is 1. The van der Waals surface area contributed by atoms with Crippen molar-refractivity contribution in [1.82, 2.24) is 89.7 Å². The summed E-state index contributed by atoms with van der Waals surface area (Å²) in [7, 11) is 6.15. The molecule has 0 aliphatic heterocycles. The van der Waals surface area contributed by atoms with Crippen LogP contribution in [0.15, 0.2) is 183 Å². The zero-order chi connectivity index (χ0) is 109. The van der Waals surface area contributed by atoms with Crippen LogP contribution in [0.2, 0.25) is 0 Å². The van der Waals surface area contributed by atoms with E-state index in [9.17, 15) is 97.9 Å². The number of rotatable bonds is 42. The first-order chi connectivity index (χ1) is 69.2. The third kappa shape index (κ3) is 40.7. The molecule has 12 aromatic rings. The molecule has 0 aliphatic rings. The summed E-state index contributed by atoms with van der Waals surface area (Å²) in [5.74, 6) is -14.5. The molecule has 0 fully saturated rings. The molecule has 0 bridgehead atoms. The van der Waals surface area contributed by atoms with Gasteiger partial charge in [-0.15, -0.1) is 6.58 Å². The minimum absolute atomic E-state index is 0.00813. The van der Waals surface area contributed by atoms with Gasteiger partial charge in [0.05, 0.1) is 4.92 Å². The second-order valence-corrected chi connectivity index (χ2v) is 29.9. The van der Waals surface area contributed by atoms with Crippen molar-refractivity contribution < 1.29 is 121 Å². The van der Waals surface area contributed by atoms with Crippen molar-refractivity contribution in [3.8, 4) is 36.1 Å². The van der Waals surface area contributed by atoms with Crippen LogP contribution in [0.5, 0.6) is 36.1 Å². The minimum Gasteiger partial charge on any atom is -0.457 e. The van der Waals surface area contributed by atoms with Gasteiger partial charge in [0.25, 0.3) is 17.7 Å². The topological polar surface area (TPSA) is 466 Å². The Bertz CT molecular complexity index is 5920. The van der Waals surface area contributed by atoms with E-state index in [1.165, 1.54) is 31.3 Å². The quantitative estimate of drug-likeness (QED) is 0.00732. The van der Waals surface area contributed by atoms with Crippen LogP contribution in [-0.2, 0) is 0 Å². The van der Waals surface area contributed by atoms with Gasteiger partial charge in [0.15, 0.2) is 50.5 Å². The summed E-state index contributed by atoms with van der Waals surface area (Å²) < 4.78 is 288. The largest absolute Gasteiger partial charge is 0.457 e. The highest BCUT2D eigenvalue weighted by Gasteiger charge is 2.56. The Labute approximate surface area is 825 Å². The molecule has 147 heavy (non-hydrogen) atoms. The third-order valence-electron chi connectivity index (χ3n) is 18.1. The zero-order valence-corrected chi connectivity index (χ0v) is 79.9. The highest BCUT2D eigenvalue weighted by molar-refractivity contribution is 5.60. The van der Waals surface area contributed by atoms with Crippen molar-refractivity contribution in [1.29, 1.82) is 0 Å². The molecule has 39 nitrogen and oxygen atoms in total. The molecule has 0 amide bonds. The first kappa shape index (κ1) is 117. The van der Waals surface area contributed by atoms with Gasteiger partial charge in [-0.1, -0.05) is 91.0 Å². The van der Waals surface area contributed by atoms with Crippen molar-refractivity contribution in [2.75, 3.05) is 131 Å². The highest BCUT2D eigenvalue weighted by Crippen LogP contribution is 2.37. The number of aromatic nitrogens is 18. The summed E-state index contributed by atoms with van der Waals surface area (Å²) in [5.41, 5.74) is 4.65. The SMILES string of the molecule is C=CCNc1nc(Nc2cccc(C)c2)nc(OC(C)C(F)(F)F)n1.CCN(CC)c1nc(Nc2ccccc2)nc(OC(C(C)(F)F)C(F)(F)F)n1.CNc1nc(Nc2ccc([N+](=O)[O-])cc2)nc(OCC(F)(F)C(C)F)n1.CNc1nc(Nc2ccccc2)nc(OC(C)C(F)(F)F)n1.CNc1nc(Nc2ccccc2)nc(OCC(F)(F)C(C)F)n1.CNc1nc(Nc2ccccc2)nc(OCC(F)(F)C(C)F)n1. The Balaban J connectivity index is 0.000000239. The van der Waals surface area contributed by atoms with Crippen molar-refractivity contribution in [2.24, 2.45) is 0 Å². The number of benzene rings is 6. The average molecular weight is 2100 g/mol. The fourth-order valence-corrected chi connectivity index (χ4v) is 10.2. The minimum atomic E-state index is -5.31. The lowest BCUT2D eigenvalue weighted by Crippen LogP contribution is -2.47. The van der Waals surface area contributed by atoms with E-state index in [-0.39, 0.29) is 96.0 Å². The molecule has 6 atom stereocenters. The van der Waals surface area contributed by atoms with Crippen LogP contribution in [0.1, 0.15) is 61.0 Å². The monoisotopic (exact) mass is 2100 g/mol. The number of para-hydroxylation sites is 4. The Morgan fingerprint density at radius 2 is 0.639 bits per heavy atom. The van der Waals surface area contributed by atoms with Gasteiger partial charge in [-0.05, 0) is 134 Å². The van der Waals surface area contributed by atoms with E-state index in [1.54, 1.807) is 131 Å². The third-order valence-corrected chi connectivity index (χ3v) is 18.1. The number of halogens is 20. The normalized spacial score (nSPS) is 12.6. The summed E-state index contributed by atoms with van der Waals surface area (Å²) in [5, 5.41) is 41.1. The first-order valence-electron chi connectivity index (χ1n) is 43.2. The Morgan fingerprint density at radius 3 is 0.925 bits per heavy atom. The molecule has 794 valence electrons. The standard InChI is InChI=1S/C17H20F5N5O.C16H18F3N5O.C14H15F3N6O3.2C14H16F3N5O.C13H14F3N5O/c1-4-27(5-2)14-24-13(23-11-9-7-6-8-10-11)25-15(26-14)28-12(16(3,18)19)17(20,21)22;1-4-8-20-13-22-14(21-12-7-5-6-10(2)9-12)24-15(23-13)25-11(3)16(17,18)19;1-8(15)14(16,17)7-26-13-21-11(18-2)20-12(22-13)19-9-3-5-10(6-4-9)23(24)25;2*1-9(15)14(16,17)8-23-13-21-11(18-2)20-12(22-13)19-10-6-4-3-5-7-10;1-8(13(14,15)16)22-12-20-10(17-2)19-11(21-12)18-9-6-4-3-5-7-9/h6-10,12H,4-5H2,1-3H3,(H,23,24,25,26);4-7,9,11H,1,8H2,2-3H3,(H2,20,21,22,23,24);3-6,8H,7H2,1-2H3,(H2,18,19,20,21,22);2*3-7,9H,8H2,1-2H3,(H2,18,19,20,21,22);3-8H,1-2H3,(H2,17,18,19,20,21). The van der Waals surface area contributed by atoms with Gasteiger partial charge < -0.3 is 91.8 Å². The van der Waals surface area contributed by atoms with E-state index >= 15 is 0 Å². The first-order valence-corrected chi connectivity index (χ1v) is 43.2. The van der Waals surface area contributed by atoms with Gasteiger partial charge in [0.2, 0.25) is 71.4 Å². The van der Waals surface area contributed by atoms with Crippen LogP contribution in [0.3, 0.4) is 0 Å². The molecule has 6 aromatic carbocycles. The molecule has 6 heterocycles. The Kier molecular flexibility index (Phi) is 43.8. The van der Waals surface area contributed by atoms with E-state index in [0.717, 1.165) is 40.2 Å². The summed E-state index contributed by atoms with van der Waals surface area (Å²) in [4.78, 5) is 81.8. The number of non-ortho nitro benzene ring substituents is 1. The maximum absolute atomic E-state index is 13.5. The number of nitro groups is 1. The van der Waals surface area contributed by atoms with Crippen molar-refractivity contribution in [3.05, 3.63) is 198 Å². The van der Waals surface area contributed by atoms with E-state index in [4.69, 9.17) is 23.7 Å². The number of alkyl halides is 20. The van der Waals surface area contributed by atoms with Crippen molar-refractivity contribution in [3.63, 3.8) is 0 Å². The molecular formula is C88H99F20N31O8. The zero-order valence-electron chi connectivity index (χ0n) is 79.9. The summed E-state index contributed by atoms with van der Waals surface area (Å²) in [6.45, 7) is 10.8. The molecule has 0 aliphatic carbocycles. The number of hydrogen-bond acceptors (Lipinski definition) is 38. The average Bonchev–Trinajstić information content (AvgIpc) is 1.09. The maximum atomic E-state index is 13.5. The van der Waals surface area contributed by atoms with Gasteiger partial charge in [-0.2, -0.15) is 156 Å². The van der Waals surface area contributed by atoms with Gasteiger partial charge in [0, 0.05) is 101 Å².